The molecule has 0 fully saturated rings. The van der Waals surface area contributed by atoms with Crippen LogP contribution in [0.2, 0.25) is 5.15 Å². The lowest BCUT2D eigenvalue weighted by atomic mass is 10.1. The fraction of sp³-hybridized carbons (Fsp3) is 0.0909. The van der Waals surface area contributed by atoms with Crippen LogP contribution >= 0.6 is 11.6 Å². The van der Waals surface area contributed by atoms with Crippen LogP contribution in [0.5, 0.6) is 5.75 Å². The average molecular weight is 247 g/mol. The smallest absolute Gasteiger partial charge is 0.182 e. The molecule has 2 aromatic heterocycles. The molecule has 2 aromatic rings. The van der Waals surface area contributed by atoms with Crippen molar-refractivity contribution in [1.29, 1.82) is 5.26 Å². The molecule has 0 saturated carbocycles. The Morgan fingerprint density at radius 1 is 1.35 bits per heavy atom. The topological polar surface area (TPSA) is 71.7 Å². The predicted molar refractivity (Wildman–Crippen MR) is 61.5 cm³/mol. The SMILES string of the molecule is COc1c(Cl)ncnc1-c1cncc(C#N)c1. The van der Waals surface area contributed by atoms with E-state index in [1.807, 2.05) is 6.07 Å². The van der Waals surface area contributed by atoms with Gasteiger partial charge in [-0.25, -0.2) is 9.97 Å². The lowest BCUT2D eigenvalue weighted by Gasteiger charge is -2.07. The van der Waals surface area contributed by atoms with Gasteiger partial charge in [0.1, 0.15) is 18.1 Å². The standard InChI is InChI=1S/C11H7ClN4O/c1-17-10-9(15-6-16-11(10)12)8-2-7(3-13)4-14-5-8/h2,4-6H,1H3. The number of halogens is 1. The molecular weight excluding hydrogens is 240 g/mol. The summed E-state index contributed by atoms with van der Waals surface area (Å²) >= 11 is 5.89. The van der Waals surface area contributed by atoms with Gasteiger partial charge in [0, 0.05) is 18.0 Å². The summed E-state index contributed by atoms with van der Waals surface area (Å²) < 4.78 is 5.14. The Kier molecular flexibility index (Phi) is 3.17. The van der Waals surface area contributed by atoms with Gasteiger partial charge in [-0.2, -0.15) is 5.26 Å². The second kappa shape index (κ2) is 4.76. The van der Waals surface area contributed by atoms with Crippen LogP contribution < -0.4 is 4.74 Å². The Hall–Kier alpha value is -2.19. The average Bonchev–Trinajstić information content (AvgIpc) is 2.38. The van der Waals surface area contributed by atoms with Crippen molar-refractivity contribution < 1.29 is 4.74 Å². The van der Waals surface area contributed by atoms with Gasteiger partial charge in [0.25, 0.3) is 0 Å². The molecule has 0 amide bonds. The first-order valence-electron chi connectivity index (χ1n) is 4.66. The molecule has 0 radical (unpaired) electrons. The number of methoxy groups -OCH3 is 1. The van der Waals surface area contributed by atoms with E-state index in [-0.39, 0.29) is 5.15 Å². The minimum Gasteiger partial charge on any atom is -0.491 e. The maximum atomic E-state index is 8.81. The summed E-state index contributed by atoms with van der Waals surface area (Å²) in [5.74, 6) is 0.367. The molecule has 0 aliphatic heterocycles. The highest BCUT2D eigenvalue weighted by molar-refractivity contribution is 6.31. The van der Waals surface area contributed by atoms with Crippen LogP contribution in [0.15, 0.2) is 24.8 Å². The van der Waals surface area contributed by atoms with Crippen molar-refractivity contribution in [3.05, 3.63) is 35.5 Å². The van der Waals surface area contributed by atoms with Gasteiger partial charge in [0.2, 0.25) is 0 Å². The lowest BCUT2D eigenvalue weighted by molar-refractivity contribution is 0.413. The molecule has 0 aromatic carbocycles. The van der Waals surface area contributed by atoms with Gasteiger partial charge in [0.15, 0.2) is 10.9 Å². The number of pyridine rings is 1. The molecule has 0 spiro atoms. The van der Waals surface area contributed by atoms with E-state index >= 15 is 0 Å². The zero-order chi connectivity index (χ0) is 12.3. The molecule has 17 heavy (non-hydrogen) atoms. The summed E-state index contributed by atoms with van der Waals surface area (Å²) in [5.41, 5.74) is 1.61. The number of nitrogens with zero attached hydrogens (tertiary/aromatic N) is 4. The van der Waals surface area contributed by atoms with Gasteiger partial charge in [-0.1, -0.05) is 11.6 Å². The number of hydrogen-bond acceptors (Lipinski definition) is 5. The summed E-state index contributed by atoms with van der Waals surface area (Å²) in [7, 11) is 1.48. The van der Waals surface area contributed by atoms with Crippen LogP contribution in [-0.2, 0) is 0 Å². The highest BCUT2D eigenvalue weighted by Crippen LogP contribution is 2.32. The third-order valence-corrected chi connectivity index (χ3v) is 2.37. The highest BCUT2D eigenvalue weighted by Gasteiger charge is 2.12. The molecule has 5 nitrogen and oxygen atoms in total. The molecule has 0 N–H and O–H groups in total. The van der Waals surface area contributed by atoms with Crippen molar-refractivity contribution in [3.63, 3.8) is 0 Å². The number of hydrogen-bond donors (Lipinski definition) is 0. The van der Waals surface area contributed by atoms with Crippen LogP contribution in [-0.4, -0.2) is 22.1 Å². The normalized spacial score (nSPS) is 9.71. The first kappa shape index (κ1) is 11.3. The fourth-order valence-electron chi connectivity index (χ4n) is 1.37. The quantitative estimate of drug-likeness (QED) is 0.759. The molecule has 0 bridgehead atoms. The second-order valence-electron chi connectivity index (χ2n) is 3.12. The van der Waals surface area contributed by atoms with Crippen LogP contribution in [0.1, 0.15) is 5.56 Å². The minimum absolute atomic E-state index is 0.222. The van der Waals surface area contributed by atoms with E-state index < -0.39 is 0 Å². The van der Waals surface area contributed by atoms with Crippen molar-refractivity contribution in [2.24, 2.45) is 0 Å². The third-order valence-electron chi connectivity index (χ3n) is 2.11. The number of rotatable bonds is 2. The van der Waals surface area contributed by atoms with Gasteiger partial charge in [-0.05, 0) is 6.07 Å². The molecule has 84 valence electrons. The van der Waals surface area contributed by atoms with Crippen LogP contribution in [0, 0.1) is 11.3 Å². The van der Waals surface area contributed by atoms with Crippen molar-refractivity contribution in [2.75, 3.05) is 7.11 Å². The Morgan fingerprint density at radius 3 is 2.88 bits per heavy atom. The first-order chi connectivity index (χ1) is 8.26. The van der Waals surface area contributed by atoms with Gasteiger partial charge >= 0.3 is 0 Å². The minimum atomic E-state index is 0.222. The van der Waals surface area contributed by atoms with Crippen molar-refractivity contribution in [2.45, 2.75) is 0 Å². The molecular formula is C11H7ClN4O. The fourth-order valence-corrected chi connectivity index (χ4v) is 1.58. The summed E-state index contributed by atoms with van der Waals surface area (Å²) in [6.07, 6.45) is 4.39. The molecule has 0 unspecified atom stereocenters. The van der Waals surface area contributed by atoms with Crippen LogP contribution in [0.4, 0.5) is 0 Å². The highest BCUT2D eigenvalue weighted by atomic mass is 35.5. The van der Waals surface area contributed by atoms with E-state index in [9.17, 15) is 0 Å². The Morgan fingerprint density at radius 2 is 2.18 bits per heavy atom. The van der Waals surface area contributed by atoms with Gasteiger partial charge in [-0.3, -0.25) is 4.98 Å². The summed E-state index contributed by atoms with van der Waals surface area (Å²) in [5, 5.41) is 9.03. The predicted octanol–water partition coefficient (Wildman–Crippen LogP) is 2.07. The summed E-state index contributed by atoms with van der Waals surface area (Å²) in [6.45, 7) is 0. The molecule has 0 aliphatic rings. The summed E-state index contributed by atoms with van der Waals surface area (Å²) in [4.78, 5) is 11.9. The van der Waals surface area contributed by atoms with Gasteiger partial charge in [0.05, 0.1) is 12.7 Å². The number of ether oxygens (including phenoxy) is 1. The number of nitriles is 1. The largest absolute Gasteiger partial charge is 0.491 e. The second-order valence-corrected chi connectivity index (χ2v) is 3.48. The summed E-state index contributed by atoms with van der Waals surface area (Å²) in [6, 6.07) is 3.67. The van der Waals surface area contributed by atoms with E-state index in [4.69, 9.17) is 21.6 Å². The molecule has 2 rings (SSSR count). The number of aromatic nitrogens is 3. The van der Waals surface area contributed by atoms with Crippen molar-refractivity contribution in [1.82, 2.24) is 15.0 Å². The van der Waals surface area contributed by atoms with Crippen LogP contribution in [0.3, 0.4) is 0 Å². The monoisotopic (exact) mass is 246 g/mol. The van der Waals surface area contributed by atoms with Crippen molar-refractivity contribution >= 4 is 11.6 Å². The maximum absolute atomic E-state index is 8.81. The van der Waals surface area contributed by atoms with Crippen LogP contribution in [0.25, 0.3) is 11.3 Å². The van der Waals surface area contributed by atoms with E-state index in [2.05, 4.69) is 15.0 Å². The lowest BCUT2D eigenvalue weighted by Crippen LogP contribution is -1.95. The molecule has 0 atom stereocenters. The van der Waals surface area contributed by atoms with Crippen molar-refractivity contribution in [3.8, 4) is 23.1 Å². The van der Waals surface area contributed by atoms with E-state index in [0.29, 0.717) is 22.6 Å². The molecule has 0 saturated heterocycles. The Labute approximate surface area is 103 Å². The van der Waals surface area contributed by atoms with Gasteiger partial charge < -0.3 is 4.74 Å². The zero-order valence-electron chi connectivity index (χ0n) is 8.88. The molecule has 6 heteroatoms. The Balaban J connectivity index is 2.60. The maximum Gasteiger partial charge on any atom is 0.182 e. The van der Waals surface area contributed by atoms with E-state index in [0.717, 1.165) is 0 Å². The van der Waals surface area contributed by atoms with E-state index in [1.54, 1.807) is 12.3 Å². The first-order valence-corrected chi connectivity index (χ1v) is 5.04. The zero-order valence-corrected chi connectivity index (χ0v) is 9.64. The Bertz CT molecular complexity index is 594. The molecule has 2 heterocycles. The third kappa shape index (κ3) is 2.17. The van der Waals surface area contributed by atoms with Gasteiger partial charge in [-0.15, -0.1) is 0 Å². The molecule has 0 aliphatic carbocycles. The van der Waals surface area contributed by atoms with E-state index in [1.165, 1.54) is 19.6 Å².